The maximum absolute atomic E-state index is 6.07. The fourth-order valence-corrected chi connectivity index (χ4v) is 2.14. The highest BCUT2D eigenvalue weighted by Crippen LogP contribution is 2.28. The van der Waals surface area contributed by atoms with Crippen molar-refractivity contribution in [2.45, 2.75) is 20.0 Å². The first-order valence-electron chi connectivity index (χ1n) is 6.70. The van der Waals surface area contributed by atoms with Gasteiger partial charge in [0.15, 0.2) is 5.82 Å². The smallest absolute Gasteiger partial charge is 0.157 e. The molecule has 1 N–H and O–H groups in total. The number of hydrogen-bond acceptors (Lipinski definition) is 4. The molecule has 0 saturated carbocycles. The minimum Gasteiger partial charge on any atom is -0.377 e. The molecule has 2 aromatic rings. The Labute approximate surface area is 134 Å². The van der Waals surface area contributed by atoms with Gasteiger partial charge in [-0.2, -0.15) is 0 Å². The first kappa shape index (κ1) is 16.0. The maximum Gasteiger partial charge on any atom is 0.157 e. The van der Waals surface area contributed by atoms with Gasteiger partial charge in [-0.3, -0.25) is 0 Å². The molecule has 6 heteroatoms. The number of benzene rings is 1. The van der Waals surface area contributed by atoms with Gasteiger partial charge in [0, 0.05) is 25.3 Å². The molecule has 0 amide bonds. The van der Waals surface area contributed by atoms with E-state index in [-0.39, 0.29) is 0 Å². The van der Waals surface area contributed by atoms with E-state index in [2.05, 4.69) is 22.2 Å². The predicted molar refractivity (Wildman–Crippen MR) is 87.0 cm³/mol. The molecule has 0 fully saturated rings. The Kier molecular flexibility index (Phi) is 5.79. The normalized spacial score (nSPS) is 10.7. The molecule has 1 aromatic carbocycles. The quantitative estimate of drug-likeness (QED) is 0.854. The molecule has 0 bridgehead atoms. The van der Waals surface area contributed by atoms with Crippen LogP contribution >= 0.6 is 23.2 Å². The van der Waals surface area contributed by atoms with Gasteiger partial charge in [0.25, 0.3) is 0 Å². The fourth-order valence-electron chi connectivity index (χ4n) is 1.84. The number of hydrogen-bond donors (Lipinski definition) is 1. The Bertz CT molecular complexity index is 620. The van der Waals surface area contributed by atoms with Gasteiger partial charge in [-0.05, 0) is 18.6 Å². The lowest BCUT2D eigenvalue weighted by Gasteiger charge is -2.10. The van der Waals surface area contributed by atoms with Crippen LogP contribution in [0.15, 0.2) is 24.3 Å². The highest BCUT2D eigenvalue weighted by Gasteiger charge is 2.08. The first-order valence-corrected chi connectivity index (χ1v) is 7.45. The summed E-state index contributed by atoms with van der Waals surface area (Å²) in [6.07, 6.45) is 1.02. The molecule has 1 aromatic heterocycles. The second-order valence-electron chi connectivity index (χ2n) is 4.54. The summed E-state index contributed by atoms with van der Waals surface area (Å²) in [6, 6.07) is 7.34. The monoisotopic (exact) mass is 325 g/mol. The molecule has 0 aliphatic heterocycles. The second-order valence-corrected chi connectivity index (χ2v) is 5.36. The molecular weight excluding hydrogens is 309 g/mol. The average Bonchev–Trinajstić information content (AvgIpc) is 2.48. The third kappa shape index (κ3) is 4.30. The van der Waals surface area contributed by atoms with Crippen molar-refractivity contribution in [2.24, 2.45) is 0 Å². The van der Waals surface area contributed by atoms with Crippen LogP contribution in [-0.2, 0) is 11.3 Å². The summed E-state index contributed by atoms with van der Waals surface area (Å²) >= 11 is 12.0. The van der Waals surface area contributed by atoms with Crippen LogP contribution in [0.3, 0.4) is 0 Å². The summed E-state index contributed by atoms with van der Waals surface area (Å²) in [7, 11) is 1.62. The van der Waals surface area contributed by atoms with Crippen LogP contribution in [0.5, 0.6) is 0 Å². The molecule has 0 unspecified atom stereocenters. The summed E-state index contributed by atoms with van der Waals surface area (Å²) in [5.74, 6) is 1.40. The molecule has 21 heavy (non-hydrogen) atoms. The highest BCUT2D eigenvalue weighted by molar-refractivity contribution is 6.42. The minimum atomic E-state index is 0.357. The summed E-state index contributed by atoms with van der Waals surface area (Å²) in [5, 5.41) is 4.29. The average molecular weight is 326 g/mol. The topological polar surface area (TPSA) is 47.0 Å². The van der Waals surface area contributed by atoms with E-state index in [1.54, 1.807) is 19.2 Å². The summed E-state index contributed by atoms with van der Waals surface area (Å²) in [6.45, 7) is 3.31. The van der Waals surface area contributed by atoms with Gasteiger partial charge in [0.05, 0.1) is 15.7 Å². The van der Waals surface area contributed by atoms with E-state index in [1.807, 2.05) is 12.1 Å². The molecule has 2 rings (SSSR count). The van der Waals surface area contributed by atoms with Gasteiger partial charge in [0.1, 0.15) is 12.4 Å². The number of ether oxygens (including phenoxy) is 1. The summed E-state index contributed by atoms with van der Waals surface area (Å²) in [5.41, 5.74) is 1.68. The molecule has 0 atom stereocenters. The Morgan fingerprint density at radius 1 is 1.14 bits per heavy atom. The predicted octanol–water partition coefficient (Wildman–Crippen LogP) is 4.42. The van der Waals surface area contributed by atoms with E-state index in [1.165, 1.54) is 0 Å². The molecular formula is C15H17Cl2N3O. The van der Waals surface area contributed by atoms with E-state index >= 15 is 0 Å². The number of aromatic nitrogens is 2. The molecule has 0 aliphatic carbocycles. The van der Waals surface area contributed by atoms with Crippen LogP contribution in [0.2, 0.25) is 10.0 Å². The van der Waals surface area contributed by atoms with Crippen LogP contribution in [0.25, 0.3) is 11.3 Å². The molecule has 0 aliphatic rings. The zero-order valence-electron chi connectivity index (χ0n) is 12.0. The SMILES string of the molecule is CCCNc1cc(-c2ccc(Cl)c(Cl)c2)nc(COC)n1. The van der Waals surface area contributed by atoms with E-state index in [0.717, 1.165) is 30.0 Å². The van der Waals surface area contributed by atoms with Crippen molar-refractivity contribution in [3.63, 3.8) is 0 Å². The lowest BCUT2D eigenvalue weighted by molar-refractivity contribution is 0.178. The molecule has 112 valence electrons. The number of methoxy groups -OCH3 is 1. The van der Waals surface area contributed by atoms with Crippen molar-refractivity contribution in [1.82, 2.24) is 9.97 Å². The van der Waals surface area contributed by atoms with Crippen LogP contribution in [0.1, 0.15) is 19.2 Å². The maximum atomic E-state index is 6.07. The third-order valence-corrected chi connectivity index (χ3v) is 3.56. The van der Waals surface area contributed by atoms with E-state index in [4.69, 9.17) is 27.9 Å². The second kappa shape index (κ2) is 7.59. The minimum absolute atomic E-state index is 0.357. The summed E-state index contributed by atoms with van der Waals surface area (Å²) < 4.78 is 5.12. The summed E-state index contributed by atoms with van der Waals surface area (Å²) in [4.78, 5) is 8.91. The lowest BCUT2D eigenvalue weighted by atomic mass is 10.1. The van der Waals surface area contributed by atoms with E-state index < -0.39 is 0 Å². The van der Waals surface area contributed by atoms with Gasteiger partial charge in [-0.15, -0.1) is 0 Å². The van der Waals surface area contributed by atoms with Crippen molar-refractivity contribution in [2.75, 3.05) is 19.0 Å². The van der Waals surface area contributed by atoms with Crippen LogP contribution in [0, 0.1) is 0 Å². The van der Waals surface area contributed by atoms with Crippen LogP contribution in [0.4, 0.5) is 5.82 Å². The van der Waals surface area contributed by atoms with Crippen molar-refractivity contribution < 1.29 is 4.74 Å². The Morgan fingerprint density at radius 3 is 2.62 bits per heavy atom. The molecule has 4 nitrogen and oxygen atoms in total. The van der Waals surface area contributed by atoms with Gasteiger partial charge in [-0.25, -0.2) is 9.97 Å². The zero-order chi connectivity index (χ0) is 15.2. The molecule has 0 saturated heterocycles. The number of nitrogens with one attached hydrogen (secondary N) is 1. The number of rotatable bonds is 6. The standard InChI is InChI=1S/C15H17Cl2N3O/c1-3-6-18-14-8-13(19-15(20-14)9-21-2)10-4-5-11(16)12(17)7-10/h4-5,7-8H,3,6,9H2,1-2H3,(H,18,19,20). The molecule has 0 radical (unpaired) electrons. The Hall–Kier alpha value is -1.36. The zero-order valence-corrected chi connectivity index (χ0v) is 13.5. The number of anilines is 1. The van der Waals surface area contributed by atoms with Gasteiger partial charge < -0.3 is 10.1 Å². The Morgan fingerprint density at radius 2 is 1.95 bits per heavy atom. The van der Waals surface area contributed by atoms with Crippen molar-refractivity contribution in [3.05, 3.63) is 40.1 Å². The highest BCUT2D eigenvalue weighted by atomic mass is 35.5. The number of halogens is 2. The van der Waals surface area contributed by atoms with Crippen LogP contribution in [-0.4, -0.2) is 23.6 Å². The van der Waals surface area contributed by atoms with Gasteiger partial charge in [0.2, 0.25) is 0 Å². The number of nitrogens with zero attached hydrogens (tertiary/aromatic N) is 2. The largest absolute Gasteiger partial charge is 0.377 e. The van der Waals surface area contributed by atoms with Crippen molar-refractivity contribution in [1.29, 1.82) is 0 Å². The third-order valence-electron chi connectivity index (χ3n) is 2.82. The van der Waals surface area contributed by atoms with E-state index in [0.29, 0.717) is 22.5 Å². The first-order chi connectivity index (χ1) is 10.1. The van der Waals surface area contributed by atoms with Crippen molar-refractivity contribution >= 4 is 29.0 Å². The van der Waals surface area contributed by atoms with E-state index in [9.17, 15) is 0 Å². The fraction of sp³-hybridized carbons (Fsp3) is 0.333. The van der Waals surface area contributed by atoms with Gasteiger partial charge in [-0.1, -0.05) is 36.2 Å². The van der Waals surface area contributed by atoms with Crippen molar-refractivity contribution in [3.8, 4) is 11.3 Å². The lowest BCUT2D eigenvalue weighted by Crippen LogP contribution is -2.06. The van der Waals surface area contributed by atoms with Gasteiger partial charge >= 0.3 is 0 Å². The molecule has 1 heterocycles. The Balaban J connectivity index is 2.40. The van der Waals surface area contributed by atoms with Crippen LogP contribution < -0.4 is 5.32 Å². The molecule has 0 spiro atoms.